The maximum absolute atomic E-state index is 12.3. The molecule has 0 amide bonds. The van der Waals surface area contributed by atoms with Crippen molar-refractivity contribution in [1.82, 2.24) is 0 Å². The molecule has 0 N–H and O–H groups in total. The minimum absolute atomic E-state index is 0.0930. The highest BCUT2D eigenvalue weighted by molar-refractivity contribution is 5.95. The molecule has 0 spiro atoms. The average Bonchev–Trinajstić information content (AvgIpc) is 2.43. The van der Waals surface area contributed by atoms with Crippen molar-refractivity contribution in [2.75, 3.05) is 13.2 Å². The quantitative estimate of drug-likeness (QED) is 0.782. The number of carbonyl (C=O) groups is 2. The van der Waals surface area contributed by atoms with E-state index in [0.717, 1.165) is 22.3 Å². The molecule has 1 aromatic rings. The monoisotopic (exact) mass is 292 g/mol. The summed E-state index contributed by atoms with van der Waals surface area (Å²) < 4.78 is 10.2. The molecule has 0 saturated carbocycles. The summed E-state index contributed by atoms with van der Waals surface area (Å²) in [4.78, 5) is 24.1. The molecule has 0 aliphatic carbocycles. The first-order valence-corrected chi connectivity index (χ1v) is 7.27. The third kappa shape index (κ3) is 3.63. The van der Waals surface area contributed by atoms with Gasteiger partial charge in [0.1, 0.15) is 0 Å². The van der Waals surface area contributed by atoms with E-state index in [1.54, 1.807) is 13.8 Å². The summed E-state index contributed by atoms with van der Waals surface area (Å²) in [6, 6.07) is 0. The second-order valence-corrected chi connectivity index (χ2v) is 5.06. The lowest BCUT2D eigenvalue weighted by atomic mass is 9.87. The largest absolute Gasteiger partial charge is 0.466 e. The molecule has 0 fully saturated rings. The van der Waals surface area contributed by atoms with E-state index in [4.69, 9.17) is 9.47 Å². The zero-order valence-corrected chi connectivity index (χ0v) is 13.8. The Balaban J connectivity index is 3.43. The van der Waals surface area contributed by atoms with Crippen molar-refractivity contribution in [1.29, 1.82) is 0 Å². The molecule has 0 heterocycles. The molecular weight excluding hydrogens is 268 g/mol. The van der Waals surface area contributed by atoms with E-state index in [1.165, 1.54) is 0 Å². The lowest BCUT2D eigenvalue weighted by molar-refractivity contribution is -0.142. The third-order valence-electron chi connectivity index (χ3n) is 3.92. The van der Waals surface area contributed by atoms with Crippen LogP contribution in [0.4, 0.5) is 0 Å². The standard InChI is InChI=1S/C17H24O4/c1-7-20-15(18)9-14-12(5)10(3)11(4)13(6)16(14)17(19)21-8-2/h7-9H2,1-6H3. The van der Waals surface area contributed by atoms with Gasteiger partial charge < -0.3 is 9.47 Å². The van der Waals surface area contributed by atoms with Crippen LogP contribution in [-0.4, -0.2) is 25.2 Å². The summed E-state index contributed by atoms with van der Waals surface area (Å²) in [6.07, 6.45) is 0.0930. The van der Waals surface area contributed by atoms with Crippen LogP contribution in [0.1, 0.15) is 52.0 Å². The molecule has 21 heavy (non-hydrogen) atoms. The highest BCUT2D eigenvalue weighted by atomic mass is 16.5. The number of hydrogen-bond donors (Lipinski definition) is 0. The summed E-state index contributed by atoms with van der Waals surface area (Å²) in [5.74, 6) is -0.700. The SMILES string of the molecule is CCOC(=O)Cc1c(C)c(C)c(C)c(C)c1C(=O)OCC. The molecule has 0 aromatic heterocycles. The molecule has 0 aliphatic heterocycles. The summed E-state index contributed by atoms with van der Waals surface area (Å²) in [6.45, 7) is 12.0. The fourth-order valence-electron chi connectivity index (χ4n) is 2.45. The maximum atomic E-state index is 12.3. The van der Waals surface area contributed by atoms with Gasteiger partial charge in [0.25, 0.3) is 0 Å². The Morgan fingerprint density at radius 3 is 1.86 bits per heavy atom. The minimum atomic E-state index is -0.375. The van der Waals surface area contributed by atoms with Crippen LogP contribution in [-0.2, 0) is 20.7 Å². The predicted octanol–water partition coefficient (Wildman–Crippen LogP) is 3.20. The molecule has 4 nitrogen and oxygen atoms in total. The zero-order valence-electron chi connectivity index (χ0n) is 13.8. The van der Waals surface area contributed by atoms with Crippen molar-refractivity contribution in [2.24, 2.45) is 0 Å². The molecular formula is C17H24O4. The Kier molecular flexibility index (Phi) is 5.94. The first kappa shape index (κ1) is 17.2. The Labute approximate surface area is 126 Å². The second-order valence-electron chi connectivity index (χ2n) is 5.06. The van der Waals surface area contributed by atoms with Crippen molar-refractivity contribution in [3.05, 3.63) is 33.4 Å². The molecule has 0 saturated heterocycles. The lowest BCUT2D eigenvalue weighted by Crippen LogP contribution is -2.18. The van der Waals surface area contributed by atoms with E-state index in [9.17, 15) is 9.59 Å². The zero-order chi connectivity index (χ0) is 16.2. The fourth-order valence-corrected chi connectivity index (χ4v) is 2.45. The molecule has 1 aromatic carbocycles. The second kappa shape index (κ2) is 7.25. The van der Waals surface area contributed by atoms with E-state index < -0.39 is 0 Å². The van der Waals surface area contributed by atoms with E-state index in [2.05, 4.69) is 0 Å². The van der Waals surface area contributed by atoms with Crippen molar-refractivity contribution >= 4 is 11.9 Å². The Bertz CT molecular complexity index is 559. The van der Waals surface area contributed by atoms with Gasteiger partial charge in [0.05, 0.1) is 25.2 Å². The molecule has 0 atom stereocenters. The van der Waals surface area contributed by atoms with Crippen LogP contribution in [0.5, 0.6) is 0 Å². The van der Waals surface area contributed by atoms with Crippen LogP contribution in [0.15, 0.2) is 0 Å². The first-order chi connectivity index (χ1) is 9.84. The number of rotatable bonds is 5. The molecule has 1 rings (SSSR count). The number of carbonyl (C=O) groups excluding carboxylic acids is 2. The van der Waals surface area contributed by atoms with E-state index >= 15 is 0 Å². The van der Waals surface area contributed by atoms with Crippen LogP contribution in [0.3, 0.4) is 0 Å². The van der Waals surface area contributed by atoms with Crippen molar-refractivity contribution < 1.29 is 19.1 Å². The average molecular weight is 292 g/mol. The lowest BCUT2D eigenvalue weighted by Gasteiger charge is -2.19. The number of hydrogen-bond acceptors (Lipinski definition) is 4. The van der Waals surface area contributed by atoms with Gasteiger partial charge in [-0.2, -0.15) is 0 Å². The minimum Gasteiger partial charge on any atom is -0.466 e. The summed E-state index contributed by atoms with van der Waals surface area (Å²) in [7, 11) is 0. The van der Waals surface area contributed by atoms with Crippen molar-refractivity contribution in [3.63, 3.8) is 0 Å². The van der Waals surface area contributed by atoms with Crippen LogP contribution in [0.2, 0.25) is 0 Å². The molecule has 116 valence electrons. The van der Waals surface area contributed by atoms with Gasteiger partial charge >= 0.3 is 11.9 Å². The molecule has 0 aliphatic rings. The van der Waals surface area contributed by atoms with E-state index in [1.807, 2.05) is 27.7 Å². The van der Waals surface area contributed by atoms with Crippen LogP contribution in [0.25, 0.3) is 0 Å². The fraction of sp³-hybridized carbons (Fsp3) is 0.529. The van der Waals surface area contributed by atoms with Gasteiger partial charge in [0.15, 0.2) is 0 Å². The highest BCUT2D eigenvalue weighted by Crippen LogP contribution is 2.28. The first-order valence-electron chi connectivity index (χ1n) is 7.27. The number of benzene rings is 1. The van der Waals surface area contributed by atoms with Gasteiger partial charge in [-0.1, -0.05) is 0 Å². The molecule has 0 bridgehead atoms. The molecule has 0 radical (unpaired) electrons. The molecule has 4 heteroatoms. The van der Waals surface area contributed by atoms with Crippen LogP contribution in [0, 0.1) is 27.7 Å². The van der Waals surface area contributed by atoms with Gasteiger partial charge in [-0.25, -0.2) is 4.79 Å². The van der Waals surface area contributed by atoms with Gasteiger partial charge in [-0.05, 0) is 69.4 Å². The predicted molar refractivity (Wildman–Crippen MR) is 81.7 cm³/mol. The topological polar surface area (TPSA) is 52.6 Å². The summed E-state index contributed by atoms with van der Waals surface area (Å²) >= 11 is 0. The van der Waals surface area contributed by atoms with Crippen LogP contribution >= 0.6 is 0 Å². The number of ether oxygens (including phenoxy) is 2. The van der Waals surface area contributed by atoms with Gasteiger partial charge in [-0.15, -0.1) is 0 Å². The van der Waals surface area contributed by atoms with Gasteiger partial charge in [0.2, 0.25) is 0 Å². The third-order valence-corrected chi connectivity index (χ3v) is 3.92. The highest BCUT2D eigenvalue weighted by Gasteiger charge is 2.23. The number of esters is 2. The van der Waals surface area contributed by atoms with E-state index in [-0.39, 0.29) is 18.4 Å². The molecule has 0 unspecified atom stereocenters. The van der Waals surface area contributed by atoms with E-state index in [0.29, 0.717) is 24.3 Å². The van der Waals surface area contributed by atoms with Gasteiger partial charge in [-0.3, -0.25) is 4.79 Å². The van der Waals surface area contributed by atoms with Crippen molar-refractivity contribution in [2.45, 2.75) is 48.0 Å². The Morgan fingerprint density at radius 1 is 0.810 bits per heavy atom. The Morgan fingerprint density at radius 2 is 1.33 bits per heavy atom. The smallest absolute Gasteiger partial charge is 0.338 e. The normalized spacial score (nSPS) is 10.4. The Hall–Kier alpha value is -1.84. The van der Waals surface area contributed by atoms with Crippen LogP contribution < -0.4 is 0 Å². The summed E-state index contributed by atoms with van der Waals surface area (Å²) in [5.41, 5.74) is 5.20. The van der Waals surface area contributed by atoms with Crippen molar-refractivity contribution in [3.8, 4) is 0 Å². The van der Waals surface area contributed by atoms with Gasteiger partial charge in [0, 0.05) is 0 Å². The maximum Gasteiger partial charge on any atom is 0.338 e. The summed E-state index contributed by atoms with van der Waals surface area (Å²) in [5, 5.41) is 0.